The average molecular weight is 1960 g/mol. The summed E-state index contributed by atoms with van der Waals surface area (Å²) in [7, 11) is 6.09. The van der Waals surface area contributed by atoms with Crippen LogP contribution in [0.25, 0.3) is 111 Å². The van der Waals surface area contributed by atoms with Crippen LogP contribution in [0.4, 0.5) is 22.7 Å². The summed E-state index contributed by atoms with van der Waals surface area (Å²) in [4.78, 5) is 23.5. The molecule has 0 radical (unpaired) electrons. The van der Waals surface area contributed by atoms with E-state index >= 15 is 0 Å². The van der Waals surface area contributed by atoms with Crippen molar-refractivity contribution >= 4 is 124 Å². The zero-order valence-corrected chi connectivity index (χ0v) is 78.2. The number of aliphatic hydroxyl groups is 4. The van der Waals surface area contributed by atoms with Crippen molar-refractivity contribution in [3.05, 3.63) is 404 Å². The van der Waals surface area contributed by atoms with Gasteiger partial charge < -0.3 is 9.47 Å². The fraction of sp³-hybridized carbons (Fsp3) is 0.143. The third-order valence-electron chi connectivity index (χ3n) is 24.7. The molecule has 0 saturated carbocycles. The van der Waals surface area contributed by atoms with E-state index in [1.165, 1.54) is 155 Å². The SMILES string of the molecule is C[OH+]CC[OH+]C.Cc1cc2c3c(c1)-c1ccc(cc1)CCc1ccc(cc1)-c1cc(C)cc(c1N=C1C(=N3)c3cccc4cccc1c34)-c1ccc(cc1)CCc1ccc-2cc1.Cc1cc2c3c(c1)-c1ccc(cc1)CCc1ccc(cc1)-c1cc(C)cc(c1N=C1C(=N3)c3cccc4cccc1c34)-c1ccc(cc1)CCc1ccc-2cc1.[Br][Ni][Br].[Br][Ni][Br]. The zero-order valence-electron chi connectivity index (χ0n) is 69.9. The van der Waals surface area contributed by atoms with Gasteiger partial charge in [0.2, 0.25) is 13.2 Å². The van der Waals surface area contributed by atoms with Crippen LogP contribution in [0.1, 0.15) is 89.0 Å². The van der Waals surface area contributed by atoms with Crippen molar-refractivity contribution in [3.63, 3.8) is 0 Å². The summed E-state index contributed by atoms with van der Waals surface area (Å²) in [6.45, 7) is 10.6. The fourth-order valence-corrected chi connectivity index (χ4v) is 18.4. The Morgan fingerprint density at radius 2 is 0.379 bits per heavy atom. The summed E-state index contributed by atoms with van der Waals surface area (Å²) in [6, 6.07) is 118. The zero-order chi connectivity index (χ0) is 84.9. The van der Waals surface area contributed by atoms with Gasteiger partial charge in [-0.25, -0.2) is 20.0 Å². The van der Waals surface area contributed by atoms with Crippen molar-refractivity contribution in [1.29, 1.82) is 0 Å². The van der Waals surface area contributed by atoms with Crippen LogP contribution in [-0.4, -0.2) is 59.8 Å². The first-order valence-corrected chi connectivity index (χ1v) is 52.1. The predicted molar refractivity (Wildman–Crippen MR) is 532 cm³/mol. The Bertz CT molecular complexity index is 5760. The predicted octanol–water partition coefficient (Wildman–Crippen LogP) is 29.8. The number of ether oxygens (including phenoxy) is 2. The standard InChI is InChI=1S/2C54H40N2.C4H10O2.4BrH.2Ni/c2*1-33-29-46-39-21-13-35(14-22-39)9-11-37-17-25-41(26-18-37)48-31-34(2)32-49-42-27-19-38(20-28-42)12-10-36-15-23-40(24-16-36)47(30-33)51(46)55-53-44-7-3-5-43-6-4-8-45(50(43)44)54(53)56-52(48)49;1-5-3-4-6-2;;;;;;/h2*3-8,13-32H,9-12H2,1-2H3;3-4H2,1-2H3;4*1H;;/q;;;;;;;2*+2/p-2. The van der Waals surface area contributed by atoms with Crippen molar-refractivity contribution in [2.75, 3.05) is 27.4 Å². The monoisotopic (exact) mass is 1960 g/mol. The molecule has 0 aromatic heterocycles. The van der Waals surface area contributed by atoms with Gasteiger partial charge in [-0.2, -0.15) is 0 Å². The Morgan fingerprint density at radius 3 is 0.524 bits per heavy atom. The molecule has 2 aliphatic carbocycles. The van der Waals surface area contributed by atoms with Gasteiger partial charge in [-0.05, 0) is 250 Å². The van der Waals surface area contributed by atoms with Crippen LogP contribution in [0.5, 0.6) is 0 Å². The summed E-state index contributed by atoms with van der Waals surface area (Å²) >= 11 is 12.0. The van der Waals surface area contributed by atoms with Gasteiger partial charge in [0.1, 0.15) is 14.2 Å². The van der Waals surface area contributed by atoms with Gasteiger partial charge in [0.15, 0.2) is 0 Å². The van der Waals surface area contributed by atoms with Crippen LogP contribution in [0, 0.1) is 27.7 Å². The molecular formula is C112H92Br4N4Ni2O2+2. The molecule has 14 aliphatic rings. The van der Waals surface area contributed by atoms with E-state index in [1.807, 2.05) is 0 Å². The Morgan fingerprint density at radius 1 is 0.226 bits per heavy atom. The third-order valence-corrected chi connectivity index (χ3v) is 24.7. The average Bonchev–Trinajstić information content (AvgIpc) is 1.59. The van der Waals surface area contributed by atoms with E-state index in [-0.39, 0.29) is 0 Å². The third kappa shape index (κ3) is 17.8. The normalized spacial score (nSPS) is 13.3. The Kier molecular flexibility index (Phi) is 26.0. The summed E-state index contributed by atoms with van der Waals surface area (Å²) in [5, 5.41) is 4.80. The molecule has 0 spiro atoms. The van der Waals surface area contributed by atoms with Crippen molar-refractivity contribution in [2.45, 2.75) is 79.1 Å². The van der Waals surface area contributed by atoms with Crippen LogP contribution in [0.3, 0.4) is 0 Å². The van der Waals surface area contributed by atoms with E-state index in [0.29, 0.717) is 0 Å². The Labute approximate surface area is 768 Å². The molecule has 0 atom stereocenters. The van der Waals surface area contributed by atoms with Crippen molar-refractivity contribution < 1.29 is 31.3 Å². The number of nitrogens with zero attached hydrogens (tertiary/aromatic N) is 4. The van der Waals surface area contributed by atoms with Crippen LogP contribution in [0.15, 0.2) is 335 Å². The van der Waals surface area contributed by atoms with E-state index in [0.717, 1.165) is 177 Å². The molecule has 618 valence electrons. The second-order valence-electron chi connectivity index (χ2n) is 32.8. The number of aliphatic imine (C=N–C) groups is 4. The van der Waals surface area contributed by atoms with Crippen LogP contribution >= 0.6 is 56.9 Å². The van der Waals surface area contributed by atoms with E-state index in [4.69, 9.17) is 20.0 Å². The number of fused-ring (bicyclic) bond motifs is 8. The Balaban J connectivity index is 0.000000150. The van der Waals surface area contributed by atoms with Crippen LogP contribution in [0.2, 0.25) is 0 Å². The molecule has 16 aromatic rings. The molecule has 16 aromatic carbocycles. The number of benzene rings is 16. The molecule has 12 heterocycles. The van der Waals surface area contributed by atoms with Gasteiger partial charge in [0.25, 0.3) is 0 Å². The van der Waals surface area contributed by atoms with E-state index in [1.54, 1.807) is 14.2 Å². The van der Waals surface area contributed by atoms with Crippen LogP contribution in [-0.2, 0) is 73.2 Å². The summed E-state index contributed by atoms with van der Waals surface area (Å²) in [6.07, 6.45) is 7.83. The van der Waals surface area contributed by atoms with Gasteiger partial charge in [0, 0.05) is 77.5 Å². The molecule has 6 nitrogen and oxygen atoms in total. The Hall–Kier alpha value is -10.5. The van der Waals surface area contributed by atoms with E-state index < -0.39 is 0 Å². The first-order valence-electron chi connectivity index (χ1n) is 42.3. The van der Waals surface area contributed by atoms with Gasteiger partial charge in [-0.1, -0.05) is 267 Å². The van der Waals surface area contributed by atoms with Crippen LogP contribution < -0.4 is 0 Å². The number of aryl methyl sites for hydroxylation is 12. The first kappa shape index (κ1) is 84.4. The molecule has 12 heteroatoms. The van der Waals surface area contributed by atoms with Gasteiger partial charge in [-0.15, -0.1) is 0 Å². The molecule has 2 N–H and O–H groups in total. The number of hydrogen-bond acceptors (Lipinski definition) is 4. The molecule has 0 amide bonds. The van der Waals surface area contributed by atoms with Crippen molar-refractivity contribution in [3.8, 4) is 89.0 Å². The summed E-state index contributed by atoms with van der Waals surface area (Å²) in [5.41, 5.74) is 45.9. The molecule has 0 unspecified atom stereocenters. The summed E-state index contributed by atoms with van der Waals surface area (Å²) in [5.74, 6) is 0. The van der Waals surface area contributed by atoms with E-state index in [2.05, 4.69) is 410 Å². The quantitative estimate of drug-likeness (QED) is 0.0960. The van der Waals surface area contributed by atoms with Gasteiger partial charge in [-0.3, -0.25) is 0 Å². The first-order chi connectivity index (χ1) is 60.8. The number of halogens is 4. The molecule has 0 saturated heterocycles. The summed E-state index contributed by atoms with van der Waals surface area (Å²) < 4.78 is 7.66. The van der Waals surface area contributed by atoms with E-state index in [9.17, 15) is 0 Å². The number of rotatable bonds is 3. The van der Waals surface area contributed by atoms with Gasteiger partial charge >= 0.3 is 78.7 Å². The maximum absolute atomic E-state index is 5.88. The minimum absolute atomic E-state index is 0.872. The number of hydrogen-bond donors (Lipinski definition) is 0. The molecule has 30 rings (SSSR count). The molecule has 124 heavy (non-hydrogen) atoms. The second-order valence-corrected chi connectivity index (χ2v) is 42.8. The molecule has 12 aliphatic heterocycles. The molecular weight excluding hydrogens is 1870 g/mol. The second kappa shape index (κ2) is 38.2. The molecule has 0 fully saturated rings. The topological polar surface area (TPSA) is 75.0 Å². The fourth-order valence-electron chi connectivity index (χ4n) is 18.4. The maximum atomic E-state index is 5.88. The van der Waals surface area contributed by atoms with Crippen molar-refractivity contribution in [1.82, 2.24) is 0 Å². The minimum atomic E-state index is 0.872. The van der Waals surface area contributed by atoms with Gasteiger partial charge in [0.05, 0.1) is 45.6 Å². The molecule has 20 bridgehead atoms. The van der Waals surface area contributed by atoms with Crippen molar-refractivity contribution in [2.24, 2.45) is 20.0 Å².